The summed E-state index contributed by atoms with van der Waals surface area (Å²) >= 11 is 1.86. The molecule has 0 saturated carbocycles. The van der Waals surface area contributed by atoms with E-state index in [1.54, 1.807) is 0 Å². The van der Waals surface area contributed by atoms with Crippen molar-refractivity contribution >= 4 is 87.6 Å². The molecule has 3 nitrogen and oxygen atoms in total. The second-order valence-corrected chi connectivity index (χ2v) is 37.0. The van der Waals surface area contributed by atoms with Crippen LogP contribution < -0.4 is 9.80 Å². The highest BCUT2D eigenvalue weighted by atomic mass is 32.1. The number of fused-ring (bicyclic) bond motifs is 18. The van der Waals surface area contributed by atoms with Gasteiger partial charge in [-0.2, -0.15) is 0 Å². The summed E-state index contributed by atoms with van der Waals surface area (Å²) in [6.45, 7) is 4.84. The summed E-state index contributed by atoms with van der Waals surface area (Å²) < 4.78 is 10.1. The monoisotopic (exact) mass is 1670 g/mol. The Bertz CT molecular complexity index is 8030. The molecule has 0 amide bonds. The minimum absolute atomic E-state index is 0.396. The van der Waals surface area contributed by atoms with Crippen molar-refractivity contribution in [3.05, 3.63) is 551 Å². The Hall–Kier alpha value is -16.0. The van der Waals surface area contributed by atoms with Gasteiger partial charge in [0.25, 0.3) is 0 Å². The quantitative estimate of drug-likeness (QED) is 0.102. The summed E-state index contributed by atoms with van der Waals surface area (Å²) in [5, 5.41) is 4.71. The van der Waals surface area contributed by atoms with E-state index in [4.69, 9.17) is 4.42 Å². The van der Waals surface area contributed by atoms with E-state index in [9.17, 15) is 0 Å². The van der Waals surface area contributed by atoms with Crippen molar-refractivity contribution in [3.8, 4) is 77.9 Å². The normalized spacial score (nSPS) is 14.0. The van der Waals surface area contributed by atoms with Gasteiger partial charge < -0.3 is 14.2 Å². The first-order valence-electron chi connectivity index (χ1n) is 45.2. The van der Waals surface area contributed by atoms with Crippen LogP contribution in [-0.2, 0) is 21.7 Å². The molecule has 0 fully saturated rings. The van der Waals surface area contributed by atoms with Gasteiger partial charge in [-0.3, -0.25) is 0 Å². The number of hydrogen-bond acceptors (Lipinski definition) is 4. The van der Waals surface area contributed by atoms with E-state index < -0.39 is 21.7 Å². The van der Waals surface area contributed by atoms with Crippen molar-refractivity contribution in [1.29, 1.82) is 0 Å². The molecule has 22 aromatic rings. The molecule has 26 rings (SSSR count). The van der Waals surface area contributed by atoms with Crippen molar-refractivity contribution < 1.29 is 4.42 Å². The molecule has 4 heteroatoms. The molecule has 2 aromatic heterocycles. The average molecular weight is 1670 g/mol. The van der Waals surface area contributed by atoms with Crippen LogP contribution in [0.2, 0.25) is 0 Å². The Morgan fingerprint density at radius 3 is 1.05 bits per heavy atom. The molecule has 0 saturated heterocycles. The van der Waals surface area contributed by atoms with Gasteiger partial charge in [-0.1, -0.05) is 384 Å². The van der Waals surface area contributed by atoms with Crippen LogP contribution in [0.1, 0.15) is 91.7 Å². The first-order chi connectivity index (χ1) is 64.2. The fourth-order valence-electron chi connectivity index (χ4n) is 23.4. The molecule has 0 radical (unpaired) electrons. The smallest absolute Gasteiger partial charge is 0.143 e. The number of furan rings is 1. The Kier molecular flexibility index (Phi) is 17.0. The minimum Gasteiger partial charge on any atom is -0.455 e. The van der Waals surface area contributed by atoms with Gasteiger partial charge in [0.2, 0.25) is 0 Å². The van der Waals surface area contributed by atoms with E-state index in [-0.39, 0.29) is 0 Å². The molecule has 4 aliphatic rings. The maximum Gasteiger partial charge on any atom is 0.143 e. The summed E-state index contributed by atoms with van der Waals surface area (Å²) in [7, 11) is 0. The number of thiophene rings is 1. The summed E-state index contributed by atoms with van der Waals surface area (Å²) in [6.07, 6.45) is 0. The SMILES string of the molecule is CC1(C)c2cc(-c3ccc4c(c3)oc3c(-c5ccccc5N(c5ccc6c(c5)C(c5ccccc5)(c5ccccc5)c5ccccc5-6)c5ccc6c(c5)C(c5ccccc5)(c5ccccc5)c5ccccc5-6)cccc34)ccc2-c2ccc(N(c3cccc(-c4ccc5sc6ccccc6c5c4)c3)c3ccc4c(c3)C(c3ccccc3)(c3ccccc3)c3ccccc3-4)cc21. The van der Waals surface area contributed by atoms with Gasteiger partial charge in [0.05, 0.1) is 21.9 Å². The van der Waals surface area contributed by atoms with Crippen molar-refractivity contribution in [2.75, 3.05) is 9.80 Å². The molecule has 130 heavy (non-hydrogen) atoms. The topological polar surface area (TPSA) is 19.6 Å². The van der Waals surface area contributed by atoms with Crippen LogP contribution in [0.15, 0.2) is 478 Å². The highest BCUT2D eigenvalue weighted by molar-refractivity contribution is 7.25. The van der Waals surface area contributed by atoms with Crippen LogP contribution in [-0.4, -0.2) is 0 Å². The van der Waals surface area contributed by atoms with E-state index >= 15 is 0 Å². The minimum atomic E-state index is -0.647. The van der Waals surface area contributed by atoms with E-state index in [2.05, 4.69) is 497 Å². The predicted octanol–water partition coefficient (Wildman–Crippen LogP) is 33.3. The summed E-state index contributed by atoms with van der Waals surface area (Å²) in [4.78, 5) is 5.06. The Morgan fingerprint density at radius 2 is 0.538 bits per heavy atom. The fourth-order valence-corrected chi connectivity index (χ4v) is 24.5. The molecule has 0 spiro atoms. The first-order valence-corrected chi connectivity index (χ1v) is 46.1. The number of para-hydroxylation sites is 2. The lowest BCUT2D eigenvalue weighted by Crippen LogP contribution is -2.29. The van der Waals surface area contributed by atoms with E-state index in [0.29, 0.717) is 0 Å². The van der Waals surface area contributed by atoms with Crippen molar-refractivity contribution in [2.45, 2.75) is 35.5 Å². The zero-order valence-electron chi connectivity index (χ0n) is 71.7. The zero-order valence-corrected chi connectivity index (χ0v) is 72.6. The Balaban J connectivity index is 0.603. The second-order valence-electron chi connectivity index (χ2n) is 35.9. The Labute approximate surface area is 760 Å². The largest absolute Gasteiger partial charge is 0.455 e. The highest BCUT2D eigenvalue weighted by Crippen LogP contribution is 2.63. The van der Waals surface area contributed by atoms with E-state index in [1.165, 1.54) is 148 Å². The molecule has 0 aliphatic heterocycles. The van der Waals surface area contributed by atoms with Crippen LogP contribution in [0, 0.1) is 0 Å². The maximum atomic E-state index is 7.52. The number of nitrogens with zero attached hydrogens (tertiary/aromatic N) is 2. The molecule has 610 valence electrons. The van der Waals surface area contributed by atoms with Gasteiger partial charge in [0.15, 0.2) is 0 Å². The maximum absolute atomic E-state index is 7.52. The predicted molar refractivity (Wildman–Crippen MR) is 542 cm³/mol. The van der Waals surface area contributed by atoms with Crippen LogP contribution in [0.4, 0.5) is 34.1 Å². The summed E-state index contributed by atoms with van der Waals surface area (Å²) in [5.74, 6) is 0. The summed E-state index contributed by atoms with van der Waals surface area (Å²) in [5.41, 5.74) is 39.8. The molecule has 0 N–H and O–H groups in total. The van der Waals surface area contributed by atoms with Crippen molar-refractivity contribution in [1.82, 2.24) is 0 Å². The van der Waals surface area contributed by atoms with Crippen LogP contribution in [0.25, 0.3) is 120 Å². The highest BCUT2D eigenvalue weighted by Gasteiger charge is 2.51. The van der Waals surface area contributed by atoms with Crippen LogP contribution >= 0.6 is 11.3 Å². The Morgan fingerprint density at radius 1 is 0.200 bits per heavy atom. The molecular formula is C126H84N2OS. The molecule has 4 aliphatic carbocycles. The van der Waals surface area contributed by atoms with Gasteiger partial charge in [-0.15, -0.1) is 11.3 Å². The first kappa shape index (κ1) is 75.4. The third-order valence-electron chi connectivity index (χ3n) is 29.1. The molecule has 20 aromatic carbocycles. The number of rotatable bonds is 15. The average Bonchev–Trinajstić information content (AvgIpc) is 1.53. The molecule has 2 heterocycles. The van der Waals surface area contributed by atoms with Crippen LogP contribution in [0.5, 0.6) is 0 Å². The number of hydrogen-bond donors (Lipinski definition) is 0. The van der Waals surface area contributed by atoms with Gasteiger partial charge in [-0.05, 0) is 248 Å². The molecule has 0 atom stereocenters. The standard InChI is InChI=1S/C126H84N2OS/c1-123(2)113-75-83(59-66-99(113)100-68-62-92(77-114(100)123)127(91-46-31-33-81(73-91)82-61-72-121-109(74-82)106-51-25-30-58-120(106)130-121)93-63-69-101-96-47-21-26-54-110(96)124(115(101)78-93,85-34-9-3-10-35-85)86-36-11-4-12-37-86)84-60-67-105-108-53-32-52-107(122(108)129-119(105)76-84)104-50-24-29-57-118(104)128(94-64-70-102-97-48-22-27-55-111(97)125(116(102)79-94,87-38-13-5-14-39-87)88-40-15-6-16-41-88)95-65-71-103-98-49-23-28-56-112(98)126(117(103)80-95,89-42-17-7-18-43-89)90-44-19-8-20-45-90/h3-80H,1-2H3. The fraction of sp³-hybridized carbons (Fsp3) is 0.0476. The van der Waals surface area contributed by atoms with Crippen LogP contribution in [0.3, 0.4) is 0 Å². The van der Waals surface area contributed by atoms with E-state index in [1.807, 2.05) is 11.3 Å². The lowest BCUT2D eigenvalue weighted by Gasteiger charge is -2.36. The van der Waals surface area contributed by atoms with Gasteiger partial charge in [-0.25, -0.2) is 0 Å². The lowest BCUT2D eigenvalue weighted by molar-refractivity contribution is 0.660. The molecule has 0 bridgehead atoms. The van der Waals surface area contributed by atoms with E-state index in [0.717, 1.165) is 83.9 Å². The third-order valence-corrected chi connectivity index (χ3v) is 30.3. The van der Waals surface area contributed by atoms with Crippen molar-refractivity contribution in [2.24, 2.45) is 0 Å². The van der Waals surface area contributed by atoms with Crippen molar-refractivity contribution in [3.63, 3.8) is 0 Å². The zero-order chi connectivity index (χ0) is 86.0. The summed E-state index contributed by atoms with van der Waals surface area (Å²) in [6, 6.07) is 178. The number of benzene rings is 20. The number of anilines is 6. The molecular weight excluding hydrogens is 1590 g/mol. The van der Waals surface area contributed by atoms with Gasteiger partial charge >= 0.3 is 0 Å². The van der Waals surface area contributed by atoms with Gasteiger partial charge in [0, 0.05) is 75.9 Å². The third kappa shape index (κ3) is 11.0. The van der Waals surface area contributed by atoms with Gasteiger partial charge in [0.1, 0.15) is 11.2 Å². The molecule has 0 unspecified atom stereocenters. The second kappa shape index (κ2) is 29.3. The lowest BCUT2D eigenvalue weighted by atomic mass is 9.67.